The van der Waals surface area contributed by atoms with Gasteiger partial charge in [-0.15, -0.1) is 0 Å². The van der Waals surface area contributed by atoms with Crippen LogP contribution in [0.4, 0.5) is 0 Å². The summed E-state index contributed by atoms with van der Waals surface area (Å²) < 4.78 is 9.97. The number of rotatable bonds is 2. The van der Waals surface area contributed by atoms with E-state index in [1.807, 2.05) is 0 Å². The lowest BCUT2D eigenvalue weighted by atomic mass is 10.2. The number of hydrogen-bond acceptors (Lipinski definition) is 4. The van der Waals surface area contributed by atoms with Crippen molar-refractivity contribution in [1.82, 2.24) is 4.98 Å². The molecule has 0 spiro atoms. The van der Waals surface area contributed by atoms with Crippen LogP contribution in [-0.4, -0.2) is 18.0 Å². The monoisotopic (exact) mass is 192 g/mol. The van der Waals surface area contributed by atoms with Gasteiger partial charge in [0.1, 0.15) is 5.52 Å². The summed E-state index contributed by atoms with van der Waals surface area (Å²) in [7, 11) is 1.44. The van der Waals surface area contributed by atoms with Gasteiger partial charge in [0.15, 0.2) is 5.58 Å². The lowest BCUT2D eigenvalue weighted by Gasteiger charge is -1.92. The number of nitrogens with two attached hydrogens (primary N) is 1. The van der Waals surface area contributed by atoms with E-state index in [1.165, 1.54) is 7.11 Å². The Kier molecular flexibility index (Phi) is 1.85. The number of para-hydroxylation sites is 1. The molecule has 0 fully saturated rings. The smallest absolute Gasteiger partial charge is 0.394 e. The number of benzene rings is 1. The second-order valence-corrected chi connectivity index (χ2v) is 2.70. The Bertz CT molecular complexity index is 490. The van der Waals surface area contributed by atoms with E-state index in [0.29, 0.717) is 16.7 Å². The largest absolute Gasteiger partial charge is 0.453 e. The molecule has 0 bridgehead atoms. The van der Waals surface area contributed by atoms with Crippen LogP contribution in [0.3, 0.4) is 0 Å². The molecule has 1 aromatic heterocycles. The molecular formula is C9H8N2O3. The van der Waals surface area contributed by atoms with Gasteiger partial charge in [0.25, 0.3) is 5.91 Å². The molecule has 5 heteroatoms. The van der Waals surface area contributed by atoms with Crippen molar-refractivity contribution in [2.45, 2.75) is 0 Å². The van der Waals surface area contributed by atoms with Crippen LogP contribution in [0.1, 0.15) is 10.4 Å². The van der Waals surface area contributed by atoms with Gasteiger partial charge in [0, 0.05) is 0 Å². The summed E-state index contributed by atoms with van der Waals surface area (Å²) in [4.78, 5) is 15.0. The van der Waals surface area contributed by atoms with Gasteiger partial charge in [-0.25, -0.2) is 0 Å². The van der Waals surface area contributed by atoms with E-state index < -0.39 is 5.91 Å². The van der Waals surface area contributed by atoms with Gasteiger partial charge in [-0.2, -0.15) is 4.98 Å². The summed E-state index contributed by atoms with van der Waals surface area (Å²) in [5, 5.41) is 0. The van der Waals surface area contributed by atoms with Crippen LogP contribution in [0, 0.1) is 0 Å². The van der Waals surface area contributed by atoms with Crippen LogP contribution in [0.5, 0.6) is 6.08 Å². The Labute approximate surface area is 79.5 Å². The van der Waals surface area contributed by atoms with E-state index in [2.05, 4.69) is 4.98 Å². The Morgan fingerprint density at radius 2 is 2.36 bits per heavy atom. The topological polar surface area (TPSA) is 78.4 Å². The number of amides is 1. The first-order chi connectivity index (χ1) is 6.72. The minimum atomic E-state index is -0.536. The second-order valence-electron chi connectivity index (χ2n) is 2.70. The number of methoxy groups -OCH3 is 1. The maximum Gasteiger partial charge on any atom is 0.394 e. The Hall–Kier alpha value is -2.04. The molecule has 14 heavy (non-hydrogen) atoms. The maximum absolute atomic E-state index is 11.0. The molecule has 0 aliphatic rings. The molecule has 1 amide bonds. The fraction of sp³-hybridized carbons (Fsp3) is 0.111. The fourth-order valence-corrected chi connectivity index (χ4v) is 1.21. The van der Waals surface area contributed by atoms with Crippen LogP contribution >= 0.6 is 0 Å². The third kappa shape index (κ3) is 1.19. The van der Waals surface area contributed by atoms with E-state index in [9.17, 15) is 4.79 Å². The average molecular weight is 192 g/mol. The van der Waals surface area contributed by atoms with Crippen LogP contribution in [0.15, 0.2) is 22.6 Å². The fourth-order valence-electron chi connectivity index (χ4n) is 1.21. The number of ether oxygens (including phenoxy) is 1. The number of fused-ring (bicyclic) bond motifs is 1. The van der Waals surface area contributed by atoms with E-state index in [-0.39, 0.29) is 6.08 Å². The number of carbonyl (C=O) groups excluding carboxylic acids is 1. The highest BCUT2D eigenvalue weighted by atomic mass is 16.6. The van der Waals surface area contributed by atoms with Crippen LogP contribution in [-0.2, 0) is 0 Å². The Balaban J connectivity index is 2.73. The number of aromatic nitrogens is 1. The number of hydrogen-bond donors (Lipinski definition) is 1. The molecular weight excluding hydrogens is 184 g/mol. The highest BCUT2D eigenvalue weighted by molar-refractivity contribution is 6.03. The van der Waals surface area contributed by atoms with Crippen molar-refractivity contribution in [3.8, 4) is 6.08 Å². The van der Waals surface area contributed by atoms with Gasteiger partial charge in [-0.05, 0) is 12.1 Å². The van der Waals surface area contributed by atoms with Crippen LogP contribution in [0.2, 0.25) is 0 Å². The Morgan fingerprint density at radius 3 is 3.00 bits per heavy atom. The van der Waals surface area contributed by atoms with E-state index >= 15 is 0 Å². The number of primary amides is 1. The standard InChI is InChI=1S/C9H8N2O3/c1-13-9-11-7-5(8(10)12)3-2-4-6(7)14-9/h2-4H,1H3,(H2,10,12). The number of nitrogens with zero attached hydrogens (tertiary/aromatic N) is 1. The number of oxazole rings is 1. The second kappa shape index (κ2) is 3.02. The molecule has 2 rings (SSSR count). The minimum absolute atomic E-state index is 0.119. The van der Waals surface area contributed by atoms with Gasteiger partial charge >= 0.3 is 6.08 Å². The van der Waals surface area contributed by atoms with Crippen molar-refractivity contribution >= 4 is 17.0 Å². The van der Waals surface area contributed by atoms with E-state index in [4.69, 9.17) is 14.9 Å². The third-order valence-corrected chi connectivity index (χ3v) is 1.84. The summed E-state index contributed by atoms with van der Waals surface area (Å²) in [6, 6.07) is 4.96. The molecule has 0 aliphatic heterocycles. The molecule has 0 unspecified atom stereocenters. The van der Waals surface area contributed by atoms with Gasteiger partial charge in [-0.1, -0.05) is 6.07 Å². The summed E-state index contributed by atoms with van der Waals surface area (Å²) in [5.74, 6) is -0.536. The molecule has 5 nitrogen and oxygen atoms in total. The quantitative estimate of drug-likeness (QED) is 0.767. The molecule has 0 atom stereocenters. The summed E-state index contributed by atoms with van der Waals surface area (Å²) in [5.41, 5.74) is 6.41. The lowest BCUT2D eigenvalue weighted by Crippen LogP contribution is -2.11. The zero-order valence-electron chi connectivity index (χ0n) is 7.48. The first-order valence-corrected chi connectivity index (χ1v) is 3.95. The van der Waals surface area contributed by atoms with Gasteiger partial charge in [0.2, 0.25) is 0 Å². The van der Waals surface area contributed by atoms with Crippen molar-refractivity contribution in [2.24, 2.45) is 5.73 Å². The SMILES string of the molecule is COc1nc2c(C(N)=O)cccc2o1. The van der Waals surface area contributed by atoms with Crippen molar-refractivity contribution in [3.05, 3.63) is 23.8 Å². The molecule has 0 aliphatic carbocycles. The first-order valence-electron chi connectivity index (χ1n) is 3.95. The molecule has 0 saturated heterocycles. The van der Waals surface area contributed by atoms with Gasteiger partial charge < -0.3 is 14.9 Å². The summed E-state index contributed by atoms with van der Waals surface area (Å²) >= 11 is 0. The van der Waals surface area contributed by atoms with Crippen LogP contribution < -0.4 is 10.5 Å². The normalized spacial score (nSPS) is 10.4. The third-order valence-electron chi connectivity index (χ3n) is 1.84. The molecule has 0 radical (unpaired) electrons. The molecule has 2 N–H and O–H groups in total. The maximum atomic E-state index is 11.0. The molecule has 72 valence electrons. The van der Waals surface area contributed by atoms with E-state index in [1.54, 1.807) is 18.2 Å². The summed E-state index contributed by atoms with van der Waals surface area (Å²) in [6.45, 7) is 0. The predicted octanol–water partition coefficient (Wildman–Crippen LogP) is 0.935. The zero-order valence-corrected chi connectivity index (χ0v) is 7.48. The Morgan fingerprint density at radius 1 is 1.57 bits per heavy atom. The van der Waals surface area contributed by atoms with Crippen LogP contribution in [0.25, 0.3) is 11.1 Å². The van der Waals surface area contributed by atoms with Gasteiger partial charge in [0.05, 0.1) is 12.7 Å². The molecule has 2 aromatic rings. The number of carbonyl (C=O) groups is 1. The molecule has 1 heterocycles. The lowest BCUT2D eigenvalue weighted by molar-refractivity contribution is 0.100. The van der Waals surface area contributed by atoms with Crippen molar-refractivity contribution in [2.75, 3.05) is 7.11 Å². The van der Waals surface area contributed by atoms with Crippen molar-refractivity contribution in [3.63, 3.8) is 0 Å². The highest BCUT2D eigenvalue weighted by Crippen LogP contribution is 2.22. The zero-order chi connectivity index (χ0) is 10.1. The molecule has 1 aromatic carbocycles. The molecule has 0 saturated carbocycles. The van der Waals surface area contributed by atoms with Crippen molar-refractivity contribution < 1.29 is 13.9 Å². The minimum Gasteiger partial charge on any atom is -0.453 e. The predicted molar refractivity (Wildman–Crippen MR) is 49.1 cm³/mol. The average Bonchev–Trinajstić information content (AvgIpc) is 2.59. The summed E-state index contributed by atoms with van der Waals surface area (Å²) in [6.07, 6.45) is 0.119. The van der Waals surface area contributed by atoms with E-state index in [0.717, 1.165) is 0 Å². The van der Waals surface area contributed by atoms with Crippen molar-refractivity contribution in [1.29, 1.82) is 0 Å². The first kappa shape index (κ1) is 8.55. The highest BCUT2D eigenvalue weighted by Gasteiger charge is 2.12. The van der Waals surface area contributed by atoms with Gasteiger partial charge in [-0.3, -0.25) is 4.79 Å².